The number of hydrogen-bond donors (Lipinski definition) is 2. The average molecular weight is 258 g/mol. The van der Waals surface area contributed by atoms with E-state index in [1.54, 1.807) is 0 Å². The minimum Gasteiger partial charge on any atom is -0.394 e. The maximum absolute atomic E-state index is 12.1. The second kappa shape index (κ2) is 5.85. The van der Waals surface area contributed by atoms with E-state index in [4.69, 9.17) is 5.26 Å². The molecule has 0 bridgehead atoms. The molecule has 0 heterocycles. The minimum absolute atomic E-state index is 0.123. The van der Waals surface area contributed by atoms with Gasteiger partial charge in [0, 0.05) is 0 Å². The lowest BCUT2D eigenvalue weighted by atomic mass is 9.69. The lowest BCUT2D eigenvalue weighted by Gasteiger charge is -2.34. The molecule has 0 spiro atoms. The molecule has 0 aromatic heterocycles. The first-order valence-electron chi connectivity index (χ1n) is 6.57. The van der Waals surface area contributed by atoms with Crippen LogP contribution in [0.3, 0.4) is 0 Å². The number of carbonyl (C=O) groups excluding carboxylic acids is 1. The van der Waals surface area contributed by atoms with E-state index in [1.807, 2.05) is 30.3 Å². The quantitative estimate of drug-likeness (QED) is 0.838. The first-order chi connectivity index (χ1) is 9.20. The van der Waals surface area contributed by atoms with Gasteiger partial charge in [-0.3, -0.25) is 4.79 Å². The highest BCUT2D eigenvalue weighted by atomic mass is 16.3. The van der Waals surface area contributed by atoms with Crippen molar-refractivity contribution in [3.05, 3.63) is 35.9 Å². The van der Waals surface area contributed by atoms with Crippen LogP contribution in [0.15, 0.2) is 30.3 Å². The number of nitrogens with zero attached hydrogens (tertiary/aromatic N) is 1. The summed E-state index contributed by atoms with van der Waals surface area (Å²) in [5.41, 5.74) is 0.200. The predicted octanol–water partition coefficient (Wildman–Crippen LogP) is 1.40. The molecule has 4 heteroatoms. The molecule has 0 radical (unpaired) electrons. The third-order valence-corrected chi connectivity index (χ3v) is 3.74. The summed E-state index contributed by atoms with van der Waals surface area (Å²) in [6, 6.07) is 11.5. The van der Waals surface area contributed by atoms with E-state index in [1.165, 1.54) is 0 Å². The van der Waals surface area contributed by atoms with Gasteiger partial charge in [0.05, 0.1) is 18.7 Å². The second-order valence-electron chi connectivity index (χ2n) is 5.09. The number of hydrogen-bond acceptors (Lipinski definition) is 3. The molecule has 1 aromatic rings. The first kappa shape index (κ1) is 13.6. The monoisotopic (exact) mass is 258 g/mol. The standard InChI is InChI=1S/C15H18N2O2/c16-11-15(7-4-8-15)14(19)17-13(10-18)9-12-5-2-1-3-6-12/h1-3,5-6,13,18H,4,7-10H2,(H,17,19)/t13-/m0/s1. The van der Waals surface area contributed by atoms with Crippen LogP contribution in [-0.2, 0) is 11.2 Å². The smallest absolute Gasteiger partial charge is 0.240 e. The Kier molecular flexibility index (Phi) is 4.18. The van der Waals surface area contributed by atoms with E-state index in [-0.39, 0.29) is 18.6 Å². The number of nitriles is 1. The average Bonchev–Trinajstić information content (AvgIpc) is 2.38. The Morgan fingerprint density at radius 1 is 1.42 bits per heavy atom. The number of aliphatic hydroxyl groups is 1. The highest BCUT2D eigenvalue weighted by Crippen LogP contribution is 2.40. The summed E-state index contributed by atoms with van der Waals surface area (Å²) in [6.07, 6.45) is 2.74. The first-order valence-corrected chi connectivity index (χ1v) is 6.57. The highest BCUT2D eigenvalue weighted by molar-refractivity contribution is 5.86. The van der Waals surface area contributed by atoms with Gasteiger partial charge in [0.1, 0.15) is 5.41 Å². The molecule has 1 saturated carbocycles. The minimum atomic E-state index is -0.857. The topological polar surface area (TPSA) is 73.1 Å². The van der Waals surface area contributed by atoms with Gasteiger partial charge in [-0.2, -0.15) is 5.26 Å². The van der Waals surface area contributed by atoms with E-state index in [0.29, 0.717) is 19.3 Å². The van der Waals surface area contributed by atoms with Gasteiger partial charge in [-0.1, -0.05) is 30.3 Å². The summed E-state index contributed by atoms with van der Waals surface area (Å²) < 4.78 is 0. The van der Waals surface area contributed by atoms with Crippen LogP contribution in [0.4, 0.5) is 0 Å². The molecular formula is C15H18N2O2. The Morgan fingerprint density at radius 2 is 2.11 bits per heavy atom. The van der Waals surface area contributed by atoms with Gasteiger partial charge in [0.15, 0.2) is 0 Å². The van der Waals surface area contributed by atoms with Crippen LogP contribution in [0.2, 0.25) is 0 Å². The molecule has 1 aromatic carbocycles. The molecule has 1 fully saturated rings. The SMILES string of the molecule is N#CC1(C(=O)N[C@H](CO)Cc2ccccc2)CCC1. The van der Waals surface area contributed by atoms with Crippen LogP contribution in [0.25, 0.3) is 0 Å². The summed E-state index contributed by atoms with van der Waals surface area (Å²) >= 11 is 0. The summed E-state index contributed by atoms with van der Waals surface area (Å²) in [5.74, 6) is -0.240. The van der Waals surface area contributed by atoms with Crippen molar-refractivity contribution >= 4 is 5.91 Å². The lowest BCUT2D eigenvalue weighted by molar-refractivity contribution is -0.132. The van der Waals surface area contributed by atoms with E-state index in [2.05, 4.69) is 11.4 Å². The third-order valence-electron chi connectivity index (χ3n) is 3.74. The molecule has 2 N–H and O–H groups in total. The van der Waals surface area contributed by atoms with Crippen LogP contribution >= 0.6 is 0 Å². The normalized spacial score (nSPS) is 17.9. The van der Waals surface area contributed by atoms with Crippen molar-refractivity contribution in [2.45, 2.75) is 31.7 Å². The Labute approximate surface area is 113 Å². The molecule has 1 atom stereocenters. The Hall–Kier alpha value is -1.86. The number of rotatable bonds is 5. The number of benzene rings is 1. The van der Waals surface area contributed by atoms with Crippen LogP contribution in [0.1, 0.15) is 24.8 Å². The second-order valence-corrected chi connectivity index (χ2v) is 5.09. The molecule has 100 valence electrons. The van der Waals surface area contributed by atoms with E-state index in [0.717, 1.165) is 12.0 Å². The Bertz CT molecular complexity index is 475. The summed E-state index contributed by atoms with van der Waals surface area (Å²) in [7, 11) is 0. The van der Waals surface area contributed by atoms with E-state index < -0.39 is 5.41 Å². The molecular weight excluding hydrogens is 240 g/mol. The van der Waals surface area contributed by atoms with Gasteiger partial charge >= 0.3 is 0 Å². The summed E-state index contributed by atoms with van der Waals surface area (Å²) in [5, 5.41) is 21.3. The van der Waals surface area contributed by atoms with Crippen molar-refractivity contribution < 1.29 is 9.90 Å². The number of nitrogens with one attached hydrogen (secondary N) is 1. The van der Waals surface area contributed by atoms with Crippen molar-refractivity contribution in [2.75, 3.05) is 6.61 Å². The number of aliphatic hydroxyl groups excluding tert-OH is 1. The van der Waals surface area contributed by atoms with Crippen LogP contribution in [0.5, 0.6) is 0 Å². The molecule has 0 aliphatic heterocycles. The van der Waals surface area contributed by atoms with Crippen molar-refractivity contribution in [1.29, 1.82) is 5.26 Å². The van der Waals surface area contributed by atoms with Gasteiger partial charge in [0.25, 0.3) is 0 Å². The summed E-state index contributed by atoms with van der Waals surface area (Å²) in [4.78, 5) is 12.1. The van der Waals surface area contributed by atoms with Gasteiger partial charge < -0.3 is 10.4 Å². The fraction of sp³-hybridized carbons (Fsp3) is 0.467. The van der Waals surface area contributed by atoms with E-state index >= 15 is 0 Å². The fourth-order valence-corrected chi connectivity index (χ4v) is 2.30. The Morgan fingerprint density at radius 3 is 2.58 bits per heavy atom. The zero-order chi connectivity index (χ0) is 13.7. The maximum atomic E-state index is 12.1. The molecule has 2 rings (SSSR count). The highest BCUT2D eigenvalue weighted by Gasteiger charge is 2.45. The molecule has 0 saturated heterocycles. The van der Waals surface area contributed by atoms with Gasteiger partial charge in [-0.15, -0.1) is 0 Å². The molecule has 4 nitrogen and oxygen atoms in total. The third kappa shape index (κ3) is 2.94. The van der Waals surface area contributed by atoms with Crippen LogP contribution in [-0.4, -0.2) is 23.7 Å². The van der Waals surface area contributed by atoms with Crippen molar-refractivity contribution in [3.8, 4) is 6.07 Å². The van der Waals surface area contributed by atoms with E-state index in [9.17, 15) is 9.90 Å². The van der Waals surface area contributed by atoms with Crippen molar-refractivity contribution in [3.63, 3.8) is 0 Å². The largest absolute Gasteiger partial charge is 0.394 e. The van der Waals surface area contributed by atoms with Gasteiger partial charge in [0.2, 0.25) is 5.91 Å². The number of amides is 1. The van der Waals surface area contributed by atoms with Crippen molar-refractivity contribution in [2.24, 2.45) is 5.41 Å². The van der Waals surface area contributed by atoms with Crippen molar-refractivity contribution in [1.82, 2.24) is 5.32 Å². The number of carbonyl (C=O) groups is 1. The summed E-state index contributed by atoms with van der Waals surface area (Å²) in [6.45, 7) is -0.123. The zero-order valence-corrected chi connectivity index (χ0v) is 10.8. The molecule has 19 heavy (non-hydrogen) atoms. The molecule has 0 unspecified atom stereocenters. The Balaban J connectivity index is 1.96. The zero-order valence-electron chi connectivity index (χ0n) is 10.8. The van der Waals surface area contributed by atoms with Gasteiger partial charge in [-0.25, -0.2) is 0 Å². The van der Waals surface area contributed by atoms with Crippen LogP contribution in [0, 0.1) is 16.7 Å². The van der Waals surface area contributed by atoms with Crippen LogP contribution < -0.4 is 5.32 Å². The fourth-order valence-electron chi connectivity index (χ4n) is 2.30. The predicted molar refractivity (Wildman–Crippen MR) is 71.1 cm³/mol. The molecule has 1 aliphatic carbocycles. The molecule has 1 aliphatic rings. The lowest BCUT2D eigenvalue weighted by Crippen LogP contribution is -2.50. The maximum Gasteiger partial charge on any atom is 0.240 e. The molecule has 1 amide bonds. The van der Waals surface area contributed by atoms with Gasteiger partial charge in [-0.05, 0) is 31.2 Å².